The number of hydrogen-bond donors (Lipinski definition) is 0. The van der Waals surface area contributed by atoms with Gasteiger partial charge >= 0.3 is 111 Å². The van der Waals surface area contributed by atoms with Crippen molar-refractivity contribution in [2.45, 2.75) is 6.92 Å². The van der Waals surface area contributed by atoms with E-state index in [-0.39, 0.29) is 0 Å². The van der Waals surface area contributed by atoms with Crippen LogP contribution in [0.4, 0.5) is 0 Å². The van der Waals surface area contributed by atoms with E-state index in [4.69, 9.17) is 17.0 Å². The van der Waals surface area contributed by atoms with Gasteiger partial charge in [0.2, 0.25) is 0 Å². The number of benzene rings is 5. The molecule has 0 aliphatic heterocycles. The molecule has 0 radical (unpaired) electrons. The Kier molecular flexibility index (Phi) is 9.38. The standard InChI is InChI=1S/C13H9.C13H10.C10H9.2ClH.Zr/c1-3-7-12-10(5-1)9-11-6-2-4-8-13(11)12;1-3-7-12(8-4-1)11-13-9-5-2-6-10-13;1-8-4-2-5-9-6-3-7-10(8)9;;;/h1-9H;1-10H;2-7H,1H3;2*1H;/q-1;;-1;;;+2/p-2. The van der Waals surface area contributed by atoms with Gasteiger partial charge in [0.25, 0.3) is 0 Å². The molecule has 0 saturated heterocycles. The average molecular weight is 623 g/mol. The summed E-state index contributed by atoms with van der Waals surface area (Å²) in [6.45, 7) is 2.14. The second-order valence-corrected chi connectivity index (χ2v) is 17.4. The maximum absolute atomic E-state index is 6.24. The van der Waals surface area contributed by atoms with Crippen molar-refractivity contribution in [1.29, 1.82) is 0 Å². The second-order valence-electron chi connectivity index (χ2n) is 9.29. The molecule has 7 rings (SSSR count). The normalized spacial score (nSPS) is 10.4. The molecule has 0 unspecified atom stereocenters. The summed E-state index contributed by atoms with van der Waals surface area (Å²) in [6, 6.07) is 52.3. The van der Waals surface area contributed by atoms with Crippen LogP contribution in [0.1, 0.15) is 16.7 Å². The number of hydrogen-bond acceptors (Lipinski definition) is 0. The van der Waals surface area contributed by atoms with E-state index in [0.717, 1.165) is 14.3 Å². The Balaban J connectivity index is 0.000000122. The van der Waals surface area contributed by atoms with Crippen molar-refractivity contribution >= 4 is 52.5 Å². The van der Waals surface area contributed by atoms with Crippen molar-refractivity contribution in [3.8, 4) is 0 Å². The quantitative estimate of drug-likeness (QED) is 0.168. The maximum atomic E-state index is 6.24. The van der Waals surface area contributed by atoms with Gasteiger partial charge in [-0.3, -0.25) is 0 Å². The van der Waals surface area contributed by atoms with E-state index in [0.29, 0.717) is 0 Å². The molecule has 7 aromatic carbocycles. The number of aryl methyl sites for hydroxylation is 1. The van der Waals surface area contributed by atoms with E-state index in [1.807, 2.05) is 36.4 Å². The van der Waals surface area contributed by atoms with Gasteiger partial charge in [-0.2, -0.15) is 12.1 Å². The van der Waals surface area contributed by atoms with Crippen molar-refractivity contribution in [3.63, 3.8) is 0 Å². The first-order valence-corrected chi connectivity index (χ1v) is 20.5. The fraction of sp³-hybridized carbons (Fsp3) is 0.0278. The first-order valence-electron chi connectivity index (χ1n) is 12.9. The van der Waals surface area contributed by atoms with Gasteiger partial charge in [-0.15, -0.1) is 74.3 Å². The van der Waals surface area contributed by atoms with Crippen molar-refractivity contribution in [2.24, 2.45) is 0 Å². The van der Waals surface area contributed by atoms with Crippen LogP contribution in [0.3, 0.4) is 0 Å². The monoisotopic (exact) mass is 620 g/mol. The van der Waals surface area contributed by atoms with Crippen LogP contribution in [0.15, 0.2) is 152 Å². The van der Waals surface area contributed by atoms with Crippen LogP contribution >= 0.6 is 17.0 Å². The second kappa shape index (κ2) is 13.3. The summed E-state index contributed by atoms with van der Waals surface area (Å²) in [7, 11) is 12.5. The minimum atomic E-state index is -2.44. The zero-order valence-corrected chi connectivity index (χ0v) is 25.7. The Morgan fingerprint density at radius 1 is 0.564 bits per heavy atom. The summed E-state index contributed by atoms with van der Waals surface area (Å²) in [6.07, 6.45) is 0. The molecule has 0 fully saturated rings. The molecule has 0 heterocycles. The molecule has 0 saturated carbocycles. The summed E-state index contributed by atoms with van der Waals surface area (Å²) in [5.74, 6) is 0. The minimum Gasteiger partial charge on any atom is -0.126 e. The molecule has 7 aromatic rings. The van der Waals surface area contributed by atoms with Crippen LogP contribution in [-0.2, 0) is 18.9 Å². The van der Waals surface area contributed by atoms with Crippen molar-refractivity contribution in [3.05, 3.63) is 168 Å². The van der Waals surface area contributed by atoms with E-state index < -0.39 is 18.9 Å². The van der Waals surface area contributed by atoms with Gasteiger partial charge in [0.1, 0.15) is 0 Å². The Morgan fingerprint density at radius 2 is 1.08 bits per heavy atom. The van der Waals surface area contributed by atoms with E-state index in [1.165, 1.54) is 37.9 Å². The summed E-state index contributed by atoms with van der Waals surface area (Å²) < 4.78 is 1.15. The molecule has 0 aliphatic carbocycles. The summed E-state index contributed by atoms with van der Waals surface area (Å²) >= 11 is -2.44. The van der Waals surface area contributed by atoms with Crippen molar-refractivity contribution in [2.75, 3.05) is 0 Å². The Labute approximate surface area is 245 Å². The molecule has 0 amide bonds. The molecule has 0 aromatic heterocycles. The molecule has 0 aliphatic rings. The largest absolute Gasteiger partial charge is 0.126 e. The van der Waals surface area contributed by atoms with Gasteiger partial charge in [-0.05, 0) is 0 Å². The summed E-state index contributed by atoms with van der Waals surface area (Å²) in [5.41, 5.74) is 3.66. The van der Waals surface area contributed by atoms with E-state index in [9.17, 15) is 0 Å². The number of halogens is 2. The van der Waals surface area contributed by atoms with Gasteiger partial charge in [-0.1, -0.05) is 49.4 Å². The Bertz CT molecular complexity index is 1730. The predicted molar refractivity (Wildman–Crippen MR) is 169 cm³/mol. The number of fused-ring (bicyclic) bond motifs is 4. The average Bonchev–Trinajstić information content (AvgIpc) is 3.61. The van der Waals surface area contributed by atoms with Gasteiger partial charge in [-0.25, -0.2) is 0 Å². The van der Waals surface area contributed by atoms with Gasteiger partial charge in [0, 0.05) is 0 Å². The van der Waals surface area contributed by atoms with Gasteiger partial charge in [0.15, 0.2) is 0 Å². The Morgan fingerprint density at radius 3 is 1.59 bits per heavy atom. The minimum absolute atomic E-state index is 1.15. The molecule has 3 heteroatoms. The first-order chi connectivity index (χ1) is 19.1. The molecule has 0 nitrogen and oxygen atoms in total. The molecule has 39 heavy (non-hydrogen) atoms. The third-order valence-corrected chi connectivity index (χ3v) is 11.3. The van der Waals surface area contributed by atoms with Crippen molar-refractivity contribution < 1.29 is 18.9 Å². The van der Waals surface area contributed by atoms with Crippen LogP contribution in [-0.4, -0.2) is 3.21 Å². The third kappa shape index (κ3) is 6.74. The van der Waals surface area contributed by atoms with Crippen LogP contribution in [0, 0.1) is 6.92 Å². The summed E-state index contributed by atoms with van der Waals surface area (Å²) in [5, 5.41) is 8.12. The summed E-state index contributed by atoms with van der Waals surface area (Å²) in [4.78, 5) is 0. The van der Waals surface area contributed by atoms with Crippen LogP contribution in [0.25, 0.3) is 32.3 Å². The zero-order valence-electron chi connectivity index (χ0n) is 21.7. The molecule has 0 spiro atoms. The van der Waals surface area contributed by atoms with E-state index in [2.05, 4.69) is 122 Å². The van der Waals surface area contributed by atoms with E-state index >= 15 is 0 Å². The van der Waals surface area contributed by atoms with Crippen LogP contribution in [0.2, 0.25) is 0 Å². The van der Waals surface area contributed by atoms with Gasteiger partial charge in [0.05, 0.1) is 0 Å². The first kappa shape index (κ1) is 27.5. The molecule has 192 valence electrons. The Hall–Kier alpha value is -3.09. The molecule has 0 N–H and O–H groups in total. The van der Waals surface area contributed by atoms with Gasteiger partial charge < -0.3 is 0 Å². The zero-order chi connectivity index (χ0) is 27.0. The van der Waals surface area contributed by atoms with Crippen LogP contribution < -0.4 is 0 Å². The molecular formula is C36H28Cl2Zr-2. The predicted octanol–water partition coefficient (Wildman–Crippen LogP) is 10.8. The van der Waals surface area contributed by atoms with Crippen molar-refractivity contribution in [1.82, 2.24) is 0 Å². The van der Waals surface area contributed by atoms with Crippen LogP contribution in [0.5, 0.6) is 0 Å². The SMILES string of the molecule is Cc1cccc2cc[cH-]c12.[Cl][Zr]([Cl])=[C](c1ccccc1)c1ccccc1.c1ccc2c(c1)[cH-]c1ccccc12. The smallest absolute Gasteiger partial charge is 0.0771 e. The third-order valence-electron chi connectivity index (χ3n) is 6.73. The maximum Gasteiger partial charge on any atom is -0.0771 e. The topological polar surface area (TPSA) is 0 Å². The molecular weight excluding hydrogens is 595 g/mol. The number of rotatable bonds is 2. The molecule has 0 bridgehead atoms. The molecule has 0 atom stereocenters. The van der Waals surface area contributed by atoms with E-state index in [1.54, 1.807) is 0 Å². The fourth-order valence-electron chi connectivity index (χ4n) is 4.82. The fourth-order valence-corrected chi connectivity index (χ4v) is 9.30.